The molecule has 1 aliphatic heterocycles. The largest absolute Gasteiger partial charge is 0.273 e. The summed E-state index contributed by atoms with van der Waals surface area (Å²) in [6, 6.07) is 3.85. The maximum atomic E-state index is 11.5. The Bertz CT molecular complexity index is 519. The molecule has 0 saturated carbocycles. The monoisotopic (exact) mass is 264 g/mol. The first-order chi connectivity index (χ1) is 8.65. The molecule has 0 fully saturated rings. The second-order valence-corrected chi connectivity index (χ2v) is 4.72. The maximum absolute atomic E-state index is 11.5. The lowest BCUT2D eigenvalue weighted by molar-refractivity contribution is -0.119. The third kappa shape index (κ3) is 3.24. The van der Waals surface area contributed by atoms with E-state index in [1.165, 1.54) is 0 Å². The summed E-state index contributed by atoms with van der Waals surface area (Å²) in [5.41, 5.74) is 6.03. The van der Waals surface area contributed by atoms with E-state index >= 15 is 0 Å². The number of hydrogen-bond donors (Lipinski definition) is 2. The van der Waals surface area contributed by atoms with Crippen LogP contribution in [0.2, 0.25) is 0 Å². The number of amides is 2. The average molecular weight is 264 g/mol. The van der Waals surface area contributed by atoms with Crippen LogP contribution in [0.5, 0.6) is 0 Å². The molecular weight excluding hydrogens is 252 g/mol. The summed E-state index contributed by atoms with van der Waals surface area (Å²) in [6.45, 7) is 1.82. The van der Waals surface area contributed by atoms with E-state index in [0.29, 0.717) is 5.71 Å². The van der Waals surface area contributed by atoms with Crippen LogP contribution in [0.4, 0.5) is 0 Å². The van der Waals surface area contributed by atoms with E-state index in [4.69, 9.17) is 0 Å². The van der Waals surface area contributed by atoms with Crippen LogP contribution in [-0.2, 0) is 9.59 Å². The first kappa shape index (κ1) is 12.4. The van der Waals surface area contributed by atoms with Crippen LogP contribution in [0.15, 0.2) is 27.7 Å². The van der Waals surface area contributed by atoms with E-state index in [0.717, 1.165) is 10.6 Å². The molecule has 0 aromatic carbocycles. The molecule has 2 heterocycles. The van der Waals surface area contributed by atoms with Gasteiger partial charge in [0.15, 0.2) is 0 Å². The second-order valence-electron chi connectivity index (χ2n) is 3.78. The predicted molar refractivity (Wildman–Crippen MR) is 69.5 cm³/mol. The number of nitrogens with one attached hydrogen (secondary N) is 2. The normalized spacial score (nSPS) is 15.3. The number of carbonyl (C=O) groups excluding carboxylic acids is 2. The minimum atomic E-state index is -0.277. The van der Waals surface area contributed by atoms with Crippen molar-refractivity contribution in [2.45, 2.75) is 19.8 Å². The first-order valence-electron chi connectivity index (χ1n) is 5.36. The Labute approximate surface area is 108 Å². The number of rotatable bonds is 4. The summed E-state index contributed by atoms with van der Waals surface area (Å²) in [7, 11) is 0. The molecule has 2 rings (SSSR count). The highest BCUT2D eigenvalue weighted by atomic mass is 32.1. The fourth-order valence-corrected chi connectivity index (χ4v) is 2.10. The second kappa shape index (κ2) is 5.54. The molecule has 0 radical (unpaired) electrons. The molecular formula is C11H12N4O2S. The Morgan fingerprint density at radius 1 is 1.67 bits per heavy atom. The van der Waals surface area contributed by atoms with E-state index in [2.05, 4.69) is 21.1 Å². The van der Waals surface area contributed by atoms with Crippen molar-refractivity contribution in [2.24, 2.45) is 10.2 Å². The fraction of sp³-hybridized carbons (Fsp3) is 0.273. The molecule has 0 saturated heterocycles. The summed E-state index contributed by atoms with van der Waals surface area (Å²) in [4.78, 5) is 23.4. The van der Waals surface area contributed by atoms with Gasteiger partial charge in [-0.15, -0.1) is 11.3 Å². The molecule has 7 heteroatoms. The van der Waals surface area contributed by atoms with E-state index in [-0.39, 0.29) is 24.7 Å². The van der Waals surface area contributed by atoms with Gasteiger partial charge in [0.05, 0.1) is 24.3 Å². The van der Waals surface area contributed by atoms with Crippen molar-refractivity contribution < 1.29 is 9.59 Å². The fourth-order valence-electron chi connectivity index (χ4n) is 1.42. The summed E-state index contributed by atoms with van der Waals surface area (Å²) < 4.78 is 0. The Morgan fingerprint density at radius 3 is 3.11 bits per heavy atom. The van der Waals surface area contributed by atoms with Gasteiger partial charge in [-0.3, -0.25) is 9.59 Å². The summed E-state index contributed by atoms with van der Waals surface area (Å²) in [6.07, 6.45) is 0.265. The molecule has 2 amide bonds. The van der Waals surface area contributed by atoms with E-state index in [1.807, 2.05) is 24.4 Å². The zero-order valence-corrected chi connectivity index (χ0v) is 10.6. The Morgan fingerprint density at radius 2 is 2.50 bits per heavy atom. The molecule has 18 heavy (non-hydrogen) atoms. The van der Waals surface area contributed by atoms with Crippen molar-refractivity contribution in [1.29, 1.82) is 0 Å². The van der Waals surface area contributed by atoms with Gasteiger partial charge < -0.3 is 0 Å². The van der Waals surface area contributed by atoms with Crippen molar-refractivity contribution >= 4 is 34.6 Å². The highest BCUT2D eigenvalue weighted by Gasteiger charge is 2.17. The highest BCUT2D eigenvalue weighted by Crippen LogP contribution is 2.09. The minimum absolute atomic E-state index is 0.0833. The molecule has 0 atom stereocenters. The van der Waals surface area contributed by atoms with Crippen molar-refractivity contribution in [3.8, 4) is 0 Å². The molecule has 1 aromatic rings. The van der Waals surface area contributed by atoms with Gasteiger partial charge in [0.25, 0.3) is 0 Å². The number of nitrogens with zero attached hydrogens (tertiary/aromatic N) is 2. The lowest BCUT2D eigenvalue weighted by atomic mass is 10.2. The predicted octanol–water partition coefficient (Wildman–Crippen LogP) is 0.854. The molecule has 0 spiro atoms. The molecule has 1 aliphatic rings. The third-order valence-corrected chi connectivity index (χ3v) is 3.27. The minimum Gasteiger partial charge on any atom is -0.273 e. The van der Waals surface area contributed by atoms with Crippen LogP contribution >= 0.6 is 11.3 Å². The van der Waals surface area contributed by atoms with E-state index in [1.54, 1.807) is 11.3 Å². The number of thiophene rings is 1. The molecule has 1 aromatic heterocycles. The maximum Gasteiger partial charge on any atom is 0.245 e. The van der Waals surface area contributed by atoms with Crippen LogP contribution in [0.25, 0.3) is 0 Å². The van der Waals surface area contributed by atoms with Crippen molar-refractivity contribution in [2.75, 3.05) is 0 Å². The van der Waals surface area contributed by atoms with Crippen LogP contribution in [0.1, 0.15) is 24.6 Å². The van der Waals surface area contributed by atoms with Crippen LogP contribution in [0.3, 0.4) is 0 Å². The van der Waals surface area contributed by atoms with Gasteiger partial charge in [-0.05, 0) is 18.4 Å². The molecule has 0 bridgehead atoms. The molecule has 0 unspecified atom stereocenters. The number of hydrogen-bond acceptors (Lipinski definition) is 5. The quantitative estimate of drug-likeness (QED) is 0.624. The van der Waals surface area contributed by atoms with Gasteiger partial charge in [0.2, 0.25) is 11.8 Å². The lowest BCUT2D eigenvalue weighted by Crippen LogP contribution is -2.21. The van der Waals surface area contributed by atoms with E-state index < -0.39 is 0 Å². The van der Waals surface area contributed by atoms with Gasteiger partial charge in [-0.25, -0.2) is 10.9 Å². The highest BCUT2D eigenvalue weighted by molar-refractivity contribution is 7.12. The van der Waals surface area contributed by atoms with Crippen LogP contribution in [-0.4, -0.2) is 23.2 Å². The lowest BCUT2D eigenvalue weighted by Gasteiger charge is -2.00. The van der Waals surface area contributed by atoms with Crippen molar-refractivity contribution in [3.63, 3.8) is 0 Å². The average Bonchev–Trinajstić information content (AvgIpc) is 2.97. The number of carbonyl (C=O) groups is 2. The summed E-state index contributed by atoms with van der Waals surface area (Å²) >= 11 is 1.56. The molecule has 2 N–H and O–H groups in total. The smallest absolute Gasteiger partial charge is 0.245 e. The summed E-state index contributed by atoms with van der Waals surface area (Å²) in [5.74, 6) is -0.461. The third-order valence-electron chi connectivity index (χ3n) is 2.29. The zero-order chi connectivity index (χ0) is 13.0. The molecule has 0 aliphatic carbocycles. The van der Waals surface area contributed by atoms with Gasteiger partial charge >= 0.3 is 0 Å². The van der Waals surface area contributed by atoms with Crippen LogP contribution in [0, 0.1) is 0 Å². The first-order valence-corrected chi connectivity index (χ1v) is 6.24. The van der Waals surface area contributed by atoms with Crippen molar-refractivity contribution in [1.82, 2.24) is 10.9 Å². The van der Waals surface area contributed by atoms with Crippen LogP contribution < -0.4 is 10.9 Å². The Balaban J connectivity index is 1.85. The molecule has 94 valence electrons. The van der Waals surface area contributed by atoms with Gasteiger partial charge in [0, 0.05) is 4.88 Å². The topological polar surface area (TPSA) is 82.9 Å². The zero-order valence-electron chi connectivity index (χ0n) is 9.77. The SMILES string of the molecule is C/C(=N\NC(=O)CC1=NNC(=O)C1)c1cccs1. The van der Waals surface area contributed by atoms with Gasteiger partial charge in [0.1, 0.15) is 0 Å². The van der Waals surface area contributed by atoms with Gasteiger partial charge in [-0.2, -0.15) is 10.2 Å². The Kier molecular flexibility index (Phi) is 3.83. The Hall–Kier alpha value is -2.02. The van der Waals surface area contributed by atoms with Gasteiger partial charge in [-0.1, -0.05) is 6.07 Å². The van der Waals surface area contributed by atoms with Crippen molar-refractivity contribution in [3.05, 3.63) is 22.4 Å². The number of hydrazone groups is 2. The van der Waals surface area contributed by atoms with E-state index in [9.17, 15) is 9.59 Å². The molecule has 6 nitrogen and oxygen atoms in total. The standard InChI is InChI=1S/C11H12N4O2S/c1-7(9-3-2-4-18-9)12-14-10(16)5-8-6-11(17)15-13-8/h2-4H,5-6H2,1H3,(H,14,16)(H,15,17)/b12-7+. The summed E-state index contributed by atoms with van der Waals surface area (Å²) in [5, 5.41) is 9.68.